The molecular weight excluding hydrogens is 182 g/mol. The van der Waals surface area contributed by atoms with Gasteiger partial charge in [0, 0.05) is 12.0 Å². The summed E-state index contributed by atoms with van der Waals surface area (Å²) in [7, 11) is 4.05. The standard InChI is InChI=1S/C10H21NO3/c1-7-9(11(2)3)4-8(5-12)14-10(7)6-13/h7-10,12-13H,4-6H2,1-3H3/t7-,8+,9+,10+/m1/s1. The maximum Gasteiger partial charge on any atom is 0.0851 e. The quantitative estimate of drug-likeness (QED) is 0.661. The molecule has 4 heteroatoms. The third-order valence-electron chi connectivity index (χ3n) is 3.11. The Kier molecular flexibility index (Phi) is 4.31. The first-order chi connectivity index (χ1) is 6.60. The summed E-state index contributed by atoms with van der Waals surface area (Å²) in [5, 5.41) is 18.2. The van der Waals surface area contributed by atoms with Gasteiger partial charge >= 0.3 is 0 Å². The van der Waals surface area contributed by atoms with E-state index in [9.17, 15) is 0 Å². The van der Waals surface area contributed by atoms with Crippen LogP contribution in [0.5, 0.6) is 0 Å². The highest BCUT2D eigenvalue weighted by molar-refractivity contribution is 4.87. The van der Waals surface area contributed by atoms with Crippen LogP contribution in [0.2, 0.25) is 0 Å². The van der Waals surface area contributed by atoms with E-state index in [1.165, 1.54) is 0 Å². The van der Waals surface area contributed by atoms with Gasteiger partial charge in [0.15, 0.2) is 0 Å². The fourth-order valence-electron chi connectivity index (χ4n) is 2.17. The normalized spacial score (nSPS) is 39.0. The molecule has 1 aliphatic rings. The molecule has 0 bridgehead atoms. The molecule has 0 aromatic rings. The van der Waals surface area contributed by atoms with Crippen LogP contribution in [0.25, 0.3) is 0 Å². The lowest BCUT2D eigenvalue weighted by atomic mass is 9.87. The van der Waals surface area contributed by atoms with E-state index in [-0.39, 0.29) is 25.4 Å². The third kappa shape index (κ3) is 2.45. The van der Waals surface area contributed by atoms with E-state index in [1.807, 2.05) is 14.1 Å². The van der Waals surface area contributed by atoms with Gasteiger partial charge in [0.05, 0.1) is 25.4 Å². The Morgan fingerprint density at radius 3 is 2.36 bits per heavy atom. The average Bonchev–Trinajstić information content (AvgIpc) is 2.17. The molecule has 1 saturated heterocycles. The van der Waals surface area contributed by atoms with Gasteiger partial charge in [-0.1, -0.05) is 6.92 Å². The van der Waals surface area contributed by atoms with E-state index >= 15 is 0 Å². The second-order valence-electron chi connectivity index (χ2n) is 4.29. The van der Waals surface area contributed by atoms with Crippen molar-refractivity contribution in [1.82, 2.24) is 4.90 Å². The Morgan fingerprint density at radius 1 is 1.29 bits per heavy atom. The number of rotatable bonds is 3. The predicted molar refractivity (Wildman–Crippen MR) is 54.1 cm³/mol. The van der Waals surface area contributed by atoms with Crippen molar-refractivity contribution >= 4 is 0 Å². The topological polar surface area (TPSA) is 52.9 Å². The second-order valence-corrected chi connectivity index (χ2v) is 4.29. The Balaban J connectivity index is 2.65. The summed E-state index contributed by atoms with van der Waals surface area (Å²) >= 11 is 0. The molecule has 14 heavy (non-hydrogen) atoms. The van der Waals surface area contributed by atoms with E-state index in [0.29, 0.717) is 12.0 Å². The molecule has 0 aromatic heterocycles. The van der Waals surface area contributed by atoms with Crippen molar-refractivity contribution in [2.75, 3.05) is 27.3 Å². The lowest BCUT2D eigenvalue weighted by Gasteiger charge is -2.42. The van der Waals surface area contributed by atoms with Crippen molar-refractivity contribution in [2.45, 2.75) is 31.6 Å². The molecule has 0 unspecified atom stereocenters. The van der Waals surface area contributed by atoms with Crippen LogP contribution >= 0.6 is 0 Å². The van der Waals surface area contributed by atoms with Gasteiger partial charge in [-0.05, 0) is 20.5 Å². The minimum atomic E-state index is -0.145. The van der Waals surface area contributed by atoms with Crippen LogP contribution in [0.3, 0.4) is 0 Å². The first kappa shape index (κ1) is 11.9. The fourth-order valence-corrected chi connectivity index (χ4v) is 2.17. The zero-order chi connectivity index (χ0) is 10.7. The van der Waals surface area contributed by atoms with Crippen LogP contribution in [0.15, 0.2) is 0 Å². The number of nitrogens with zero attached hydrogens (tertiary/aromatic N) is 1. The van der Waals surface area contributed by atoms with E-state index in [0.717, 1.165) is 6.42 Å². The Hall–Kier alpha value is -0.160. The molecule has 1 fully saturated rings. The highest BCUT2D eigenvalue weighted by Crippen LogP contribution is 2.27. The van der Waals surface area contributed by atoms with Crippen molar-refractivity contribution in [3.05, 3.63) is 0 Å². The molecular formula is C10H21NO3. The minimum absolute atomic E-state index is 0.0298. The molecule has 4 nitrogen and oxygen atoms in total. The first-order valence-electron chi connectivity index (χ1n) is 5.13. The molecule has 0 aromatic carbocycles. The minimum Gasteiger partial charge on any atom is -0.394 e. The van der Waals surface area contributed by atoms with Crippen molar-refractivity contribution in [1.29, 1.82) is 0 Å². The number of aliphatic hydroxyl groups is 2. The summed E-state index contributed by atoms with van der Waals surface area (Å²) in [6, 6.07) is 0.373. The van der Waals surface area contributed by atoms with Gasteiger partial charge < -0.3 is 19.8 Å². The second kappa shape index (κ2) is 5.07. The molecule has 0 spiro atoms. The van der Waals surface area contributed by atoms with Gasteiger partial charge in [0.2, 0.25) is 0 Å². The van der Waals surface area contributed by atoms with Crippen LogP contribution in [0.4, 0.5) is 0 Å². The number of hydrogen-bond donors (Lipinski definition) is 2. The predicted octanol–water partition coefficient (Wildman–Crippen LogP) is -0.305. The SMILES string of the molecule is C[C@H]1[C@H](CO)O[C@H](CO)C[C@@H]1N(C)C. The molecule has 4 atom stereocenters. The van der Waals surface area contributed by atoms with E-state index in [2.05, 4.69) is 11.8 Å². The van der Waals surface area contributed by atoms with E-state index in [1.54, 1.807) is 0 Å². The molecule has 1 aliphatic heterocycles. The lowest BCUT2D eigenvalue weighted by molar-refractivity contribution is -0.138. The van der Waals surface area contributed by atoms with Gasteiger partial charge in [-0.3, -0.25) is 0 Å². The maximum atomic E-state index is 9.15. The van der Waals surface area contributed by atoms with Gasteiger partial charge in [0.25, 0.3) is 0 Å². The molecule has 0 radical (unpaired) electrons. The summed E-state index contributed by atoms with van der Waals surface area (Å²) in [4.78, 5) is 2.14. The summed E-state index contributed by atoms with van der Waals surface area (Å²) < 4.78 is 5.55. The fraction of sp³-hybridized carbons (Fsp3) is 1.00. The molecule has 84 valence electrons. The van der Waals surface area contributed by atoms with Crippen LogP contribution in [-0.2, 0) is 4.74 Å². The monoisotopic (exact) mass is 203 g/mol. The van der Waals surface area contributed by atoms with Crippen LogP contribution in [-0.4, -0.2) is 60.7 Å². The molecule has 1 heterocycles. The summed E-state index contributed by atoms with van der Waals surface area (Å²) in [6.45, 7) is 2.15. The van der Waals surface area contributed by atoms with Crippen molar-refractivity contribution in [3.63, 3.8) is 0 Å². The van der Waals surface area contributed by atoms with Crippen LogP contribution in [0, 0.1) is 5.92 Å². The maximum absolute atomic E-state index is 9.15. The number of aliphatic hydroxyl groups excluding tert-OH is 2. The van der Waals surface area contributed by atoms with Crippen molar-refractivity contribution in [2.24, 2.45) is 5.92 Å². The van der Waals surface area contributed by atoms with Crippen LogP contribution < -0.4 is 0 Å². The summed E-state index contributed by atoms with van der Waals surface area (Å²) in [5.74, 6) is 0.304. The van der Waals surface area contributed by atoms with Gasteiger partial charge in [-0.25, -0.2) is 0 Å². The van der Waals surface area contributed by atoms with Crippen LogP contribution in [0.1, 0.15) is 13.3 Å². The molecule has 0 aliphatic carbocycles. The molecule has 0 amide bonds. The van der Waals surface area contributed by atoms with E-state index in [4.69, 9.17) is 14.9 Å². The molecule has 1 rings (SSSR count). The number of hydrogen-bond acceptors (Lipinski definition) is 4. The molecule has 0 saturated carbocycles. The highest BCUT2D eigenvalue weighted by atomic mass is 16.5. The smallest absolute Gasteiger partial charge is 0.0851 e. The summed E-state index contributed by atoms with van der Waals surface area (Å²) in [6.07, 6.45) is 0.560. The Bertz CT molecular complexity index is 175. The zero-order valence-corrected chi connectivity index (χ0v) is 9.18. The Labute approximate surface area is 85.5 Å². The lowest BCUT2D eigenvalue weighted by Crippen LogP contribution is -2.51. The van der Waals surface area contributed by atoms with Gasteiger partial charge in [-0.2, -0.15) is 0 Å². The van der Waals surface area contributed by atoms with Crippen molar-refractivity contribution < 1.29 is 14.9 Å². The zero-order valence-electron chi connectivity index (χ0n) is 9.18. The largest absolute Gasteiger partial charge is 0.394 e. The van der Waals surface area contributed by atoms with Gasteiger partial charge in [-0.15, -0.1) is 0 Å². The molecule has 2 N–H and O–H groups in total. The van der Waals surface area contributed by atoms with Crippen molar-refractivity contribution in [3.8, 4) is 0 Å². The Morgan fingerprint density at radius 2 is 1.93 bits per heavy atom. The first-order valence-corrected chi connectivity index (χ1v) is 5.13. The van der Waals surface area contributed by atoms with Gasteiger partial charge in [0.1, 0.15) is 0 Å². The summed E-state index contributed by atoms with van der Waals surface area (Å²) in [5.41, 5.74) is 0. The highest BCUT2D eigenvalue weighted by Gasteiger charge is 2.36. The number of ether oxygens (including phenoxy) is 1. The third-order valence-corrected chi connectivity index (χ3v) is 3.11. The van der Waals surface area contributed by atoms with E-state index < -0.39 is 0 Å². The average molecular weight is 203 g/mol.